The van der Waals surface area contributed by atoms with Crippen molar-refractivity contribution in [3.8, 4) is 0 Å². The van der Waals surface area contributed by atoms with Gasteiger partial charge in [0.1, 0.15) is 12.2 Å². The molecule has 0 aromatic carbocycles. The number of aromatic nitrogens is 2. The molecule has 1 aliphatic heterocycles. The van der Waals surface area contributed by atoms with Gasteiger partial charge in [0.25, 0.3) is 5.56 Å². The van der Waals surface area contributed by atoms with Crippen molar-refractivity contribution in [3.05, 3.63) is 33.1 Å². The van der Waals surface area contributed by atoms with Gasteiger partial charge in [-0.1, -0.05) is 0 Å². The van der Waals surface area contributed by atoms with Crippen LogP contribution in [0.2, 0.25) is 0 Å². The van der Waals surface area contributed by atoms with Gasteiger partial charge in [0, 0.05) is 18.8 Å². The van der Waals surface area contributed by atoms with Crippen molar-refractivity contribution in [2.75, 3.05) is 6.54 Å². The molecule has 1 aromatic rings. The average molecular weight is 245 g/mol. The fourth-order valence-electron chi connectivity index (χ4n) is 1.75. The molecule has 94 valence electrons. The van der Waals surface area contributed by atoms with Gasteiger partial charge in [-0.2, -0.15) is 0 Å². The molecule has 1 aromatic heterocycles. The largest absolute Gasteiger partial charge is 0.387 e. The van der Waals surface area contributed by atoms with Crippen LogP contribution in [0.25, 0.3) is 0 Å². The van der Waals surface area contributed by atoms with Gasteiger partial charge in [0.2, 0.25) is 0 Å². The second-order valence-electron chi connectivity index (χ2n) is 3.75. The fourth-order valence-corrected chi connectivity index (χ4v) is 1.75. The molecule has 0 spiro atoms. The molecule has 1 aliphatic rings. The molecule has 8 heteroatoms. The molecule has 4 atom stereocenters. The Morgan fingerprint density at radius 3 is 2.82 bits per heavy atom. The minimum Gasteiger partial charge on any atom is -0.387 e. The van der Waals surface area contributed by atoms with Gasteiger partial charge in [-0.25, -0.2) is 9.18 Å². The summed E-state index contributed by atoms with van der Waals surface area (Å²) in [5, 5.41) is 9.47. The van der Waals surface area contributed by atoms with Gasteiger partial charge < -0.3 is 15.6 Å². The van der Waals surface area contributed by atoms with Crippen molar-refractivity contribution < 1.29 is 14.2 Å². The third-order valence-electron chi connectivity index (χ3n) is 2.65. The molecule has 4 N–H and O–H groups in total. The van der Waals surface area contributed by atoms with Crippen LogP contribution in [-0.4, -0.2) is 39.6 Å². The summed E-state index contributed by atoms with van der Waals surface area (Å²) in [4.78, 5) is 24.2. The van der Waals surface area contributed by atoms with E-state index in [2.05, 4.69) is 0 Å². The maximum Gasteiger partial charge on any atom is 0.330 e. The zero-order chi connectivity index (χ0) is 12.6. The minimum atomic E-state index is -1.77. The van der Waals surface area contributed by atoms with Gasteiger partial charge in [0.05, 0.1) is 0 Å². The number of nitrogens with two attached hydrogens (primary N) is 1. The number of halogens is 1. The molecule has 17 heavy (non-hydrogen) atoms. The molecule has 1 fully saturated rings. The second kappa shape index (κ2) is 4.40. The van der Waals surface area contributed by atoms with E-state index < -0.39 is 35.9 Å². The molecule has 2 unspecified atom stereocenters. The van der Waals surface area contributed by atoms with Crippen molar-refractivity contribution in [1.29, 1.82) is 0 Å². The molecule has 0 radical (unpaired) electrons. The van der Waals surface area contributed by atoms with Gasteiger partial charge in [-0.3, -0.25) is 14.3 Å². The Balaban J connectivity index is 2.35. The Morgan fingerprint density at radius 1 is 1.59 bits per heavy atom. The van der Waals surface area contributed by atoms with Crippen molar-refractivity contribution in [1.82, 2.24) is 9.55 Å². The molecule has 2 heterocycles. The third-order valence-corrected chi connectivity index (χ3v) is 2.65. The smallest absolute Gasteiger partial charge is 0.330 e. The van der Waals surface area contributed by atoms with E-state index in [9.17, 15) is 19.1 Å². The topological polar surface area (TPSA) is 110 Å². The van der Waals surface area contributed by atoms with Crippen LogP contribution in [0.15, 0.2) is 21.9 Å². The predicted octanol–water partition coefficient (Wildman–Crippen LogP) is -1.91. The van der Waals surface area contributed by atoms with Crippen LogP contribution in [0.5, 0.6) is 0 Å². The molecule has 7 nitrogen and oxygen atoms in total. The monoisotopic (exact) mass is 245 g/mol. The van der Waals surface area contributed by atoms with Crippen LogP contribution >= 0.6 is 0 Å². The zero-order valence-corrected chi connectivity index (χ0v) is 8.75. The quantitative estimate of drug-likeness (QED) is 0.563. The number of ether oxygens (including phenoxy) is 1. The van der Waals surface area contributed by atoms with Crippen LogP contribution < -0.4 is 17.0 Å². The number of hydrogen-bond acceptors (Lipinski definition) is 5. The van der Waals surface area contributed by atoms with Crippen molar-refractivity contribution >= 4 is 0 Å². The molecule has 0 bridgehead atoms. The summed E-state index contributed by atoms with van der Waals surface area (Å²) in [6.07, 6.45) is -4.18. The first-order chi connectivity index (χ1) is 8.04. The van der Waals surface area contributed by atoms with E-state index in [1.54, 1.807) is 0 Å². The average Bonchev–Trinajstić information content (AvgIpc) is 2.57. The second-order valence-corrected chi connectivity index (χ2v) is 3.75. The lowest BCUT2D eigenvalue weighted by Crippen LogP contribution is -2.36. The first-order valence-corrected chi connectivity index (χ1v) is 5.03. The van der Waals surface area contributed by atoms with Crippen LogP contribution in [0.4, 0.5) is 4.39 Å². The number of H-pyrrole nitrogens is 1. The van der Waals surface area contributed by atoms with E-state index in [1.807, 2.05) is 4.98 Å². The van der Waals surface area contributed by atoms with Gasteiger partial charge >= 0.3 is 5.69 Å². The van der Waals surface area contributed by atoms with Crippen LogP contribution in [0.1, 0.15) is 6.23 Å². The van der Waals surface area contributed by atoms with Crippen molar-refractivity contribution in [3.63, 3.8) is 0 Å². The predicted molar refractivity (Wildman–Crippen MR) is 55.2 cm³/mol. The maximum absolute atomic E-state index is 13.7. The van der Waals surface area contributed by atoms with E-state index in [4.69, 9.17) is 10.5 Å². The normalized spacial score (nSPS) is 32.9. The summed E-state index contributed by atoms with van der Waals surface area (Å²) in [7, 11) is 0. The van der Waals surface area contributed by atoms with E-state index in [-0.39, 0.29) is 6.54 Å². The number of rotatable bonds is 2. The molecule has 2 rings (SSSR count). The highest BCUT2D eigenvalue weighted by molar-refractivity contribution is 4.93. The summed E-state index contributed by atoms with van der Waals surface area (Å²) >= 11 is 0. The Bertz CT molecular complexity index is 513. The number of alkyl halides is 1. The molecule has 0 aliphatic carbocycles. The van der Waals surface area contributed by atoms with Crippen molar-refractivity contribution in [2.24, 2.45) is 5.73 Å². The highest BCUT2D eigenvalue weighted by atomic mass is 19.1. The molecule has 1 saturated heterocycles. The Labute approximate surface area is 94.6 Å². The lowest BCUT2D eigenvalue weighted by molar-refractivity contribution is -0.0225. The SMILES string of the molecule is NC[C@H]1O[C@@H](n2ccc(=O)[nH]c2=O)C(F)C1O. The number of aliphatic hydroxyl groups is 1. The third kappa shape index (κ3) is 2.02. The van der Waals surface area contributed by atoms with Gasteiger partial charge in [-0.05, 0) is 0 Å². The summed E-state index contributed by atoms with van der Waals surface area (Å²) in [5.74, 6) is 0. The summed E-state index contributed by atoms with van der Waals surface area (Å²) < 4.78 is 19.7. The highest BCUT2D eigenvalue weighted by Crippen LogP contribution is 2.30. The number of aromatic amines is 1. The van der Waals surface area contributed by atoms with E-state index in [0.717, 1.165) is 16.8 Å². The number of hydrogen-bond donors (Lipinski definition) is 3. The summed E-state index contributed by atoms with van der Waals surface area (Å²) in [6.45, 7) is -0.0593. The van der Waals surface area contributed by atoms with Gasteiger partial charge in [-0.15, -0.1) is 0 Å². The highest BCUT2D eigenvalue weighted by Gasteiger charge is 2.44. The molecule has 0 amide bonds. The minimum absolute atomic E-state index is 0.0593. The lowest BCUT2D eigenvalue weighted by atomic mass is 10.1. The van der Waals surface area contributed by atoms with Gasteiger partial charge in [0.15, 0.2) is 12.4 Å². The number of nitrogens with zero attached hydrogens (tertiary/aromatic N) is 1. The Hall–Kier alpha value is -1.51. The number of nitrogens with one attached hydrogen (secondary N) is 1. The fraction of sp³-hybridized carbons (Fsp3) is 0.556. The van der Waals surface area contributed by atoms with Crippen LogP contribution in [0.3, 0.4) is 0 Å². The summed E-state index contributed by atoms with van der Waals surface area (Å²) in [5.41, 5.74) is 3.91. The molecule has 0 saturated carbocycles. The first-order valence-electron chi connectivity index (χ1n) is 5.03. The van der Waals surface area contributed by atoms with E-state index >= 15 is 0 Å². The zero-order valence-electron chi connectivity index (χ0n) is 8.75. The van der Waals surface area contributed by atoms with E-state index in [1.165, 1.54) is 0 Å². The summed E-state index contributed by atoms with van der Waals surface area (Å²) in [6, 6.07) is 1.07. The molecular weight excluding hydrogens is 233 g/mol. The van der Waals surface area contributed by atoms with Crippen LogP contribution in [-0.2, 0) is 4.74 Å². The maximum atomic E-state index is 13.7. The van der Waals surface area contributed by atoms with E-state index in [0.29, 0.717) is 0 Å². The molecular formula is C9H12FN3O4. The standard InChI is InChI=1S/C9H12FN3O4/c10-6-7(15)4(3-11)17-8(6)13-2-1-5(14)12-9(13)16/h1-2,4,6-8,15H,3,11H2,(H,12,14,16)/t4-,6?,7?,8-/m1/s1. The number of aliphatic hydroxyl groups excluding tert-OH is 1. The Kier molecular flexibility index (Phi) is 3.09. The lowest BCUT2D eigenvalue weighted by Gasteiger charge is -2.15. The first kappa shape index (κ1) is 12.0. The van der Waals surface area contributed by atoms with Crippen LogP contribution in [0, 0.1) is 0 Å². The Morgan fingerprint density at radius 2 is 2.29 bits per heavy atom. The van der Waals surface area contributed by atoms with Crippen molar-refractivity contribution in [2.45, 2.75) is 24.6 Å².